The fourth-order valence-corrected chi connectivity index (χ4v) is 4.33. The van der Waals surface area contributed by atoms with Crippen molar-refractivity contribution in [2.24, 2.45) is 0 Å². The molecule has 2 heterocycles. The van der Waals surface area contributed by atoms with Crippen molar-refractivity contribution in [3.8, 4) is 5.75 Å². The van der Waals surface area contributed by atoms with Crippen LogP contribution in [0.1, 0.15) is 60.7 Å². The first kappa shape index (κ1) is 18.8. The third-order valence-electron chi connectivity index (χ3n) is 5.87. The third-order valence-corrected chi connectivity index (χ3v) is 5.87. The first-order valence-electron chi connectivity index (χ1n) is 10.0. The monoisotopic (exact) mass is 382 g/mol. The second kappa shape index (κ2) is 8.22. The van der Waals surface area contributed by atoms with Gasteiger partial charge in [0.25, 0.3) is 5.69 Å². The van der Waals surface area contributed by atoms with Crippen molar-refractivity contribution in [1.82, 2.24) is 14.9 Å². The van der Waals surface area contributed by atoms with E-state index in [0.717, 1.165) is 42.2 Å². The van der Waals surface area contributed by atoms with E-state index < -0.39 is 0 Å². The Morgan fingerprint density at radius 1 is 1.29 bits per heavy atom. The number of nitro benzene ring substituents is 1. The molecule has 1 aliphatic heterocycles. The van der Waals surface area contributed by atoms with Crippen molar-refractivity contribution < 1.29 is 9.66 Å². The molecular weight excluding hydrogens is 356 g/mol. The third kappa shape index (κ3) is 3.99. The molecule has 1 aliphatic carbocycles. The van der Waals surface area contributed by atoms with Gasteiger partial charge in [0, 0.05) is 67.1 Å². The Balaban J connectivity index is 1.48. The van der Waals surface area contributed by atoms with E-state index in [-0.39, 0.29) is 10.6 Å². The molecule has 7 heteroatoms. The normalized spacial score (nSPS) is 17.9. The molecule has 0 atom stereocenters. The summed E-state index contributed by atoms with van der Waals surface area (Å²) in [4.78, 5) is 22.6. The average Bonchev–Trinajstić information content (AvgIpc) is 2.74. The lowest BCUT2D eigenvalue weighted by Crippen LogP contribution is -2.31. The van der Waals surface area contributed by atoms with Crippen LogP contribution in [-0.4, -0.2) is 33.4 Å². The van der Waals surface area contributed by atoms with Crippen LogP contribution in [0.15, 0.2) is 24.4 Å². The number of methoxy groups -OCH3 is 1. The van der Waals surface area contributed by atoms with Gasteiger partial charge >= 0.3 is 0 Å². The van der Waals surface area contributed by atoms with Crippen LogP contribution in [0.3, 0.4) is 0 Å². The van der Waals surface area contributed by atoms with Crippen LogP contribution in [-0.2, 0) is 19.5 Å². The second-order valence-electron chi connectivity index (χ2n) is 7.75. The molecule has 1 aromatic heterocycles. The van der Waals surface area contributed by atoms with Gasteiger partial charge in [0.15, 0.2) is 0 Å². The van der Waals surface area contributed by atoms with E-state index in [0.29, 0.717) is 18.2 Å². The summed E-state index contributed by atoms with van der Waals surface area (Å²) in [5, 5.41) is 11.1. The number of non-ortho nitro benzene ring substituents is 1. The SMILES string of the molecule is COc1ccc([N+](=O)[O-])cc1CN1CCc2nc(C3CCCCC3)ncc2C1. The Morgan fingerprint density at radius 3 is 2.86 bits per heavy atom. The molecule has 0 radical (unpaired) electrons. The lowest BCUT2D eigenvalue weighted by Gasteiger charge is -2.29. The van der Waals surface area contributed by atoms with Crippen LogP contribution in [0.2, 0.25) is 0 Å². The minimum absolute atomic E-state index is 0.0914. The van der Waals surface area contributed by atoms with Crippen LogP contribution < -0.4 is 4.74 Å². The number of hydrogen-bond acceptors (Lipinski definition) is 6. The maximum atomic E-state index is 11.1. The topological polar surface area (TPSA) is 81.4 Å². The van der Waals surface area contributed by atoms with E-state index in [4.69, 9.17) is 9.72 Å². The number of aromatic nitrogens is 2. The first-order chi connectivity index (χ1) is 13.6. The molecule has 1 aromatic carbocycles. The molecule has 4 rings (SSSR count). The van der Waals surface area contributed by atoms with Crippen molar-refractivity contribution in [3.63, 3.8) is 0 Å². The van der Waals surface area contributed by atoms with Crippen molar-refractivity contribution in [2.75, 3.05) is 13.7 Å². The number of fused-ring (bicyclic) bond motifs is 1. The summed E-state index contributed by atoms with van der Waals surface area (Å²) in [6, 6.07) is 4.76. The fourth-order valence-electron chi connectivity index (χ4n) is 4.33. The summed E-state index contributed by atoms with van der Waals surface area (Å²) in [7, 11) is 1.59. The number of hydrogen-bond donors (Lipinski definition) is 0. The van der Waals surface area contributed by atoms with Crippen LogP contribution in [0.25, 0.3) is 0 Å². The highest BCUT2D eigenvalue weighted by molar-refractivity contribution is 5.44. The van der Waals surface area contributed by atoms with E-state index in [1.54, 1.807) is 19.2 Å². The quantitative estimate of drug-likeness (QED) is 0.574. The van der Waals surface area contributed by atoms with Gasteiger partial charge in [0.2, 0.25) is 0 Å². The summed E-state index contributed by atoms with van der Waals surface area (Å²) < 4.78 is 5.40. The van der Waals surface area contributed by atoms with E-state index in [2.05, 4.69) is 9.88 Å². The van der Waals surface area contributed by atoms with Gasteiger partial charge in [-0.25, -0.2) is 9.97 Å². The zero-order valence-electron chi connectivity index (χ0n) is 16.3. The van der Waals surface area contributed by atoms with Crippen molar-refractivity contribution in [2.45, 2.75) is 57.5 Å². The van der Waals surface area contributed by atoms with Crippen molar-refractivity contribution >= 4 is 5.69 Å². The Kier molecular flexibility index (Phi) is 5.52. The molecule has 0 saturated heterocycles. The Bertz CT molecular complexity index is 865. The molecular formula is C21H26N4O3. The van der Waals surface area contributed by atoms with Gasteiger partial charge in [-0.1, -0.05) is 19.3 Å². The molecule has 7 nitrogen and oxygen atoms in total. The highest BCUT2D eigenvalue weighted by atomic mass is 16.6. The highest BCUT2D eigenvalue weighted by Gasteiger charge is 2.23. The van der Waals surface area contributed by atoms with Gasteiger partial charge in [-0.3, -0.25) is 15.0 Å². The highest BCUT2D eigenvalue weighted by Crippen LogP contribution is 2.32. The van der Waals surface area contributed by atoms with Crippen LogP contribution in [0.4, 0.5) is 5.69 Å². The molecule has 28 heavy (non-hydrogen) atoms. The summed E-state index contributed by atoms with van der Waals surface area (Å²) in [5.74, 6) is 2.22. The van der Waals surface area contributed by atoms with Gasteiger partial charge in [-0.15, -0.1) is 0 Å². The zero-order chi connectivity index (χ0) is 19.5. The predicted octanol–water partition coefficient (Wildman–Crippen LogP) is 4.00. The van der Waals surface area contributed by atoms with Gasteiger partial charge < -0.3 is 4.74 Å². The Labute approximate surface area is 164 Å². The number of ether oxygens (including phenoxy) is 1. The molecule has 0 bridgehead atoms. The Hall–Kier alpha value is -2.54. The largest absolute Gasteiger partial charge is 0.496 e. The van der Waals surface area contributed by atoms with E-state index >= 15 is 0 Å². The summed E-state index contributed by atoms with van der Waals surface area (Å²) >= 11 is 0. The van der Waals surface area contributed by atoms with Gasteiger partial charge in [-0.2, -0.15) is 0 Å². The summed E-state index contributed by atoms with van der Waals surface area (Å²) in [6.07, 6.45) is 9.18. The molecule has 0 amide bonds. The summed E-state index contributed by atoms with van der Waals surface area (Å²) in [5.41, 5.74) is 3.25. The molecule has 2 aromatic rings. The van der Waals surface area contributed by atoms with Crippen LogP contribution in [0, 0.1) is 10.1 Å². The predicted molar refractivity (Wildman–Crippen MR) is 105 cm³/mol. The average molecular weight is 382 g/mol. The molecule has 148 valence electrons. The van der Waals surface area contributed by atoms with E-state index in [1.807, 2.05) is 6.20 Å². The van der Waals surface area contributed by atoms with Gasteiger partial charge in [-0.05, 0) is 18.9 Å². The number of rotatable bonds is 5. The minimum Gasteiger partial charge on any atom is -0.496 e. The molecule has 1 fully saturated rings. The second-order valence-corrected chi connectivity index (χ2v) is 7.75. The molecule has 2 aliphatic rings. The molecule has 0 N–H and O–H groups in total. The number of nitrogens with zero attached hydrogens (tertiary/aromatic N) is 4. The van der Waals surface area contributed by atoms with Gasteiger partial charge in [0.05, 0.1) is 12.0 Å². The smallest absolute Gasteiger partial charge is 0.270 e. The maximum absolute atomic E-state index is 11.1. The van der Waals surface area contributed by atoms with Crippen LogP contribution in [0.5, 0.6) is 5.75 Å². The van der Waals surface area contributed by atoms with Crippen molar-refractivity contribution in [1.29, 1.82) is 0 Å². The maximum Gasteiger partial charge on any atom is 0.270 e. The van der Waals surface area contributed by atoms with Gasteiger partial charge in [0.1, 0.15) is 11.6 Å². The fraction of sp³-hybridized carbons (Fsp3) is 0.524. The van der Waals surface area contributed by atoms with E-state index in [9.17, 15) is 10.1 Å². The summed E-state index contributed by atoms with van der Waals surface area (Å²) in [6.45, 7) is 2.24. The lowest BCUT2D eigenvalue weighted by atomic mass is 9.88. The molecule has 1 saturated carbocycles. The molecule has 0 unspecified atom stereocenters. The minimum atomic E-state index is -0.366. The molecule has 0 spiro atoms. The number of benzene rings is 1. The lowest BCUT2D eigenvalue weighted by molar-refractivity contribution is -0.385. The number of nitro groups is 1. The Morgan fingerprint density at radius 2 is 2.11 bits per heavy atom. The van der Waals surface area contributed by atoms with Crippen LogP contribution >= 0.6 is 0 Å². The van der Waals surface area contributed by atoms with E-state index in [1.165, 1.54) is 38.2 Å². The first-order valence-corrected chi connectivity index (χ1v) is 10.0. The zero-order valence-corrected chi connectivity index (χ0v) is 16.3. The van der Waals surface area contributed by atoms with Crippen molar-refractivity contribution in [3.05, 3.63) is 57.2 Å². The standard InChI is InChI=1S/C21H26N4O3/c1-28-20-8-7-18(25(26)27)11-16(20)13-24-10-9-19-17(14-24)12-22-21(23-19)15-5-3-2-4-6-15/h7-8,11-12,15H,2-6,9-10,13-14H2,1H3.